The van der Waals surface area contributed by atoms with E-state index in [4.69, 9.17) is 10.00 Å². The fourth-order valence-corrected chi connectivity index (χ4v) is 4.19. The summed E-state index contributed by atoms with van der Waals surface area (Å²) in [5, 5.41) is 8.77. The third kappa shape index (κ3) is 3.71. The van der Waals surface area contributed by atoms with Gasteiger partial charge in [-0.25, -0.2) is 13.2 Å². The van der Waals surface area contributed by atoms with E-state index in [1.807, 2.05) is 6.07 Å². The zero-order valence-corrected chi connectivity index (χ0v) is 14.2. The Balaban J connectivity index is 1.80. The number of nitriles is 1. The van der Waals surface area contributed by atoms with Crippen molar-refractivity contribution in [1.82, 2.24) is 4.31 Å². The number of esters is 1. The lowest BCUT2D eigenvalue weighted by molar-refractivity contribution is 0.0734. The number of sulfonamides is 1. The predicted molar refractivity (Wildman–Crippen MR) is 90.6 cm³/mol. The SMILES string of the molecule is N#Cc1ccc(OC(=O)c2cccc(S(=O)(=O)N3CCCC3)c2)cc1. The summed E-state index contributed by atoms with van der Waals surface area (Å²) in [5.41, 5.74) is 0.614. The van der Waals surface area contributed by atoms with Gasteiger partial charge in [0.15, 0.2) is 0 Å². The van der Waals surface area contributed by atoms with Gasteiger partial charge in [-0.15, -0.1) is 0 Å². The highest BCUT2D eigenvalue weighted by Crippen LogP contribution is 2.22. The highest BCUT2D eigenvalue weighted by atomic mass is 32.2. The largest absolute Gasteiger partial charge is 0.423 e. The van der Waals surface area contributed by atoms with E-state index in [0.29, 0.717) is 18.7 Å². The molecule has 0 radical (unpaired) electrons. The van der Waals surface area contributed by atoms with Gasteiger partial charge in [0.05, 0.1) is 22.1 Å². The molecule has 0 aromatic heterocycles. The molecule has 0 spiro atoms. The average Bonchev–Trinajstić information content (AvgIpc) is 3.18. The molecule has 2 aromatic carbocycles. The molecule has 1 saturated heterocycles. The monoisotopic (exact) mass is 356 g/mol. The van der Waals surface area contributed by atoms with E-state index in [-0.39, 0.29) is 16.2 Å². The van der Waals surface area contributed by atoms with Gasteiger partial charge >= 0.3 is 5.97 Å². The minimum absolute atomic E-state index is 0.0867. The Kier molecular flexibility index (Phi) is 4.83. The summed E-state index contributed by atoms with van der Waals surface area (Å²) in [6.45, 7) is 1.00. The summed E-state index contributed by atoms with van der Waals surface area (Å²) in [7, 11) is -3.59. The molecule has 7 heteroatoms. The summed E-state index contributed by atoms with van der Waals surface area (Å²) < 4.78 is 31.8. The minimum Gasteiger partial charge on any atom is -0.423 e. The Morgan fingerprint density at radius 3 is 2.40 bits per heavy atom. The molecule has 0 saturated carbocycles. The Hall–Kier alpha value is -2.69. The first kappa shape index (κ1) is 17.1. The molecule has 1 aliphatic rings. The Morgan fingerprint density at radius 1 is 1.08 bits per heavy atom. The van der Waals surface area contributed by atoms with Crippen molar-refractivity contribution < 1.29 is 17.9 Å². The van der Waals surface area contributed by atoms with E-state index >= 15 is 0 Å². The molecular formula is C18H16N2O4S. The number of rotatable bonds is 4. The van der Waals surface area contributed by atoms with Crippen LogP contribution in [0.2, 0.25) is 0 Å². The molecule has 1 aliphatic heterocycles. The van der Waals surface area contributed by atoms with Gasteiger partial charge in [-0.2, -0.15) is 9.57 Å². The predicted octanol–water partition coefficient (Wildman–Crippen LogP) is 2.56. The number of ether oxygens (including phenoxy) is 1. The van der Waals surface area contributed by atoms with Crippen molar-refractivity contribution in [1.29, 1.82) is 5.26 Å². The number of hydrogen-bond acceptors (Lipinski definition) is 5. The van der Waals surface area contributed by atoms with Crippen LogP contribution in [-0.2, 0) is 10.0 Å². The number of carbonyl (C=O) groups is 1. The van der Waals surface area contributed by atoms with Crippen LogP contribution in [0.4, 0.5) is 0 Å². The number of nitrogens with zero attached hydrogens (tertiary/aromatic N) is 2. The van der Waals surface area contributed by atoms with Gasteiger partial charge in [0.1, 0.15) is 5.75 Å². The molecule has 1 heterocycles. The second-order valence-corrected chi connectivity index (χ2v) is 7.60. The highest BCUT2D eigenvalue weighted by Gasteiger charge is 2.27. The quantitative estimate of drug-likeness (QED) is 0.621. The molecule has 0 aliphatic carbocycles. The lowest BCUT2D eigenvalue weighted by Gasteiger charge is -2.15. The van der Waals surface area contributed by atoms with Gasteiger partial charge in [-0.1, -0.05) is 6.07 Å². The summed E-state index contributed by atoms with van der Waals surface area (Å²) in [6.07, 6.45) is 1.69. The second kappa shape index (κ2) is 7.05. The van der Waals surface area contributed by atoms with Gasteiger partial charge in [0.25, 0.3) is 0 Å². The molecule has 25 heavy (non-hydrogen) atoms. The van der Waals surface area contributed by atoms with Crippen LogP contribution in [0.1, 0.15) is 28.8 Å². The van der Waals surface area contributed by atoms with Crippen LogP contribution in [-0.4, -0.2) is 31.8 Å². The summed E-state index contributed by atoms with van der Waals surface area (Å²) in [5.74, 6) is -0.361. The summed E-state index contributed by atoms with van der Waals surface area (Å²) >= 11 is 0. The summed E-state index contributed by atoms with van der Waals surface area (Å²) in [4.78, 5) is 12.4. The molecule has 6 nitrogen and oxygen atoms in total. The zero-order chi connectivity index (χ0) is 17.9. The van der Waals surface area contributed by atoms with Crippen molar-refractivity contribution in [2.24, 2.45) is 0 Å². The van der Waals surface area contributed by atoms with Crippen LogP contribution in [0.5, 0.6) is 5.75 Å². The smallest absolute Gasteiger partial charge is 0.343 e. The maximum absolute atomic E-state index is 12.6. The normalized spacial score (nSPS) is 14.8. The van der Waals surface area contributed by atoms with Crippen LogP contribution in [0.25, 0.3) is 0 Å². The van der Waals surface area contributed by atoms with Crippen LogP contribution >= 0.6 is 0 Å². The first-order valence-electron chi connectivity index (χ1n) is 7.83. The zero-order valence-electron chi connectivity index (χ0n) is 13.4. The van der Waals surface area contributed by atoms with Crippen molar-refractivity contribution in [2.75, 3.05) is 13.1 Å². The van der Waals surface area contributed by atoms with E-state index in [9.17, 15) is 13.2 Å². The van der Waals surface area contributed by atoms with Crippen LogP contribution in [0.3, 0.4) is 0 Å². The lowest BCUT2D eigenvalue weighted by Crippen LogP contribution is -2.28. The van der Waals surface area contributed by atoms with Gasteiger partial charge in [0.2, 0.25) is 10.0 Å². The molecule has 0 atom stereocenters. The number of carbonyl (C=O) groups excluding carboxylic acids is 1. The van der Waals surface area contributed by atoms with Gasteiger partial charge < -0.3 is 4.74 Å². The Bertz CT molecular complexity index is 924. The molecule has 0 bridgehead atoms. The molecule has 128 valence electrons. The van der Waals surface area contributed by atoms with Crippen LogP contribution in [0, 0.1) is 11.3 Å². The van der Waals surface area contributed by atoms with E-state index in [0.717, 1.165) is 12.8 Å². The summed E-state index contributed by atoms with van der Waals surface area (Å²) in [6, 6.07) is 13.9. The first-order chi connectivity index (χ1) is 12.0. The molecule has 3 rings (SSSR count). The Labute approximate surface area is 146 Å². The second-order valence-electron chi connectivity index (χ2n) is 5.66. The fourth-order valence-electron chi connectivity index (χ4n) is 2.62. The third-order valence-corrected chi connectivity index (χ3v) is 5.86. The maximum Gasteiger partial charge on any atom is 0.343 e. The number of benzene rings is 2. The van der Waals surface area contributed by atoms with Gasteiger partial charge in [-0.3, -0.25) is 0 Å². The molecular weight excluding hydrogens is 340 g/mol. The van der Waals surface area contributed by atoms with Crippen molar-refractivity contribution in [3.8, 4) is 11.8 Å². The lowest BCUT2D eigenvalue weighted by atomic mass is 10.2. The van der Waals surface area contributed by atoms with Crippen LogP contribution in [0.15, 0.2) is 53.4 Å². The third-order valence-electron chi connectivity index (χ3n) is 3.97. The van der Waals surface area contributed by atoms with Crippen molar-refractivity contribution in [3.05, 3.63) is 59.7 Å². The molecule has 1 fully saturated rings. The van der Waals surface area contributed by atoms with E-state index in [2.05, 4.69) is 0 Å². The topological polar surface area (TPSA) is 87.5 Å². The molecule has 0 amide bonds. The fraction of sp³-hybridized carbons (Fsp3) is 0.222. The maximum atomic E-state index is 12.6. The van der Waals surface area contributed by atoms with Crippen molar-refractivity contribution >= 4 is 16.0 Å². The molecule has 2 aromatic rings. The standard InChI is InChI=1S/C18H16N2O4S/c19-13-14-6-8-16(9-7-14)24-18(21)15-4-3-5-17(12-15)25(22,23)20-10-1-2-11-20/h3-9,12H,1-2,10-11H2. The van der Waals surface area contributed by atoms with Gasteiger partial charge in [-0.05, 0) is 55.3 Å². The Morgan fingerprint density at radius 2 is 1.76 bits per heavy atom. The van der Waals surface area contributed by atoms with E-state index in [1.54, 1.807) is 0 Å². The van der Waals surface area contributed by atoms with Crippen LogP contribution < -0.4 is 4.74 Å². The van der Waals surface area contributed by atoms with E-state index < -0.39 is 16.0 Å². The first-order valence-corrected chi connectivity index (χ1v) is 9.27. The van der Waals surface area contributed by atoms with Crippen molar-refractivity contribution in [3.63, 3.8) is 0 Å². The molecule has 0 N–H and O–H groups in total. The minimum atomic E-state index is -3.59. The van der Waals surface area contributed by atoms with Gasteiger partial charge in [0, 0.05) is 13.1 Å². The van der Waals surface area contributed by atoms with E-state index in [1.165, 1.54) is 52.8 Å². The number of hydrogen-bond donors (Lipinski definition) is 0. The highest BCUT2D eigenvalue weighted by molar-refractivity contribution is 7.89. The average molecular weight is 356 g/mol. The van der Waals surface area contributed by atoms with Crippen molar-refractivity contribution in [2.45, 2.75) is 17.7 Å². The molecule has 0 unspecified atom stereocenters.